The molecule has 0 N–H and O–H groups in total. The Morgan fingerprint density at radius 2 is 1.11 bits per heavy atom. The van der Waals surface area contributed by atoms with Crippen molar-refractivity contribution in [3.8, 4) is 11.5 Å². The van der Waals surface area contributed by atoms with Crippen LogP contribution in [0.2, 0.25) is 0 Å². The fourth-order valence-electron chi connectivity index (χ4n) is 4.24. The van der Waals surface area contributed by atoms with Crippen LogP contribution >= 0.6 is 20.3 Å². The highest BCUT2D eigenvalue weighted by atomic mass is 32.2. The van der Waals surface area contributed by atoms with E-state index in [1.54, 1.807) is 0 Å². The minimum Gasteiger partial charge on any atom is -0.427 e. The summed E-state index contributed by atoms with van der Waals surface area (Å²) in [5.74, 6) is 1.93. The molecule has 0 saturated carbocycles. The molecule has 3 nitrogen and oxygen atoms in total. The zero-order chi connectivity index (χ0) is 26.0. The first-order valence-electron chi connectivity index (χ1n) is 13.2. The Balaban J connectivity index is 2.26. The van der Waals surface area contributed by atoms with E-state index in [9.17, 15) is 0 Å². The van der Waals surface area contributed by atoms with E-state index < -0.39 is 8.53 Å². The van der Waals surface area contributed by atoms with Crippen LogP contribution in [0.4, 0.5) is 0 Å². The zero-order valence-corrected chi connectivity index (χ0v) is 25.4. The first-order valence-corrected chi connectivity index (χ1v) is 15.2. The van der Waals surface area contributed by atoms with Gasteiger partial charge in [-0.25, -0.2) is 4.67 Å². The first-order chi connectivity index (χ1) is 16.3. The van der Waals surface area contributed by atoms with Gasteiger partial charge in [-0.05, 0) is 72.9 Å². The molecule has 0 aliphatic carbocycles. The normalized spacial score (nSPS) is 14.6. The maximum absolute atomic E-state index is 6.96. The molecule has 0 spiro atoms. The number of rotatable bonds is 7. The summed E-state index contributed by atoms with van der Waals surface area (Å²) in [4.78, 5) is 2.61. The van der Waals surface area contributed by atoms with Crippen LogP contribution in [-0.2, 0) is 10.8 Å². The van der Waals surface area contributed by atoms with Gasteiger partial charge in [-0.3, -0.25) is 0 Å². The van der Waals surface area contributed by atoms with E-state index in [4.69, 9.17) is 9.05 Å². The fourth-order valence-corrected chi connectivity index (χ4v) is 6.79. The van der Waals surface area contributed by atoms with Crippen LogP contribution in [0.1, 0.15) is 103 Å². The molecule has 4 bridgehead atoms. The summed E-state index contributed by atoms with van der Waals surface area (Å²) in [6, 6.07) is 9.20. The smallest absolute Gasteiger partial charge is 0.384 e. The maximum Gasteiger partial charge on any atom is 0.384 e. The van der Waals surface area contributed by atoms with E-state index in [-0.39, 0.29) is 10.8 Å². The Labute approximate surface area is 220 Å². The van der Waals surface area contributed by atoms with Crippen molar-refractivity contribution in [2.75, 3.05) is 13.1 Å². The molecule has 0 radical (unpaired) electrons. The average molecular weight is 516 g/mol. The molecule has 0 unspecified atom stereocenters. The summed E-state index contributed by atoms with van der Waals surface area (Å²) < 4.78 is 16.4. The molecule has 4 aliphatic heterocycles. The van der Waals surface area contributed by atoms with E-state index in [2.05, 4.69) is 98.2 Å². The van der Waals surface area contributed by atoms with E-state index >= 15 is 0 Å². The summed E-state index contributed by atoms with van der Waals surface area (Å²) in [5, 5.41) is 0. The Morgan fingerprint density at radius 1 is 0.714 bits per heavy atom. The molecular formula is C30H46NO2PS. The molecule has 0 aromatic heterocycles. The summed E-state index contributed by atoms with van der Waals surface area (Å²) in [5.41, 5.74) is 4.93. The van der Waals surface area contributed by atoms with E-state index in [1.165, 1.54) is 32.0 Å². The van der Waals surface area contributed by atoms with Gasteiger partial charge in [-0.15, -0.1) is 0 Å². The Hall–Kier alpha value is -1.22. The quantitative estimate of drug-likeness (QED) is 0.342. The second kappa shape index (κ2) is 11.4. The van der Waals surface area contributed by atoms with Gasteiger partial charge in [0.15, 0.2) is 0 Å². The van der Waals surface area contributed by atoms with Gasteiger partial charge in [-0.2, -0.15) is 0 Å². The number of unbranched alkanes of at least 4 members (excludes halogenated alkanes) is 2. The van der Waals surface area contributed by atoms with Crippen molar-refractivity contribution < 1.29 is 9.05 Å². The van der Waals surface area contributed by atoms with Crippen LogP contribution in [0, 0.1) is 13.8 Å². The molecular weight excluding hydrogens is 469 g/mol. The van der Waals surface area contributed by atoms with Gasteiger partial charge in [0.2, 0.25) is 0 Å². The highest BCUT2D eigenvalue weighted by Crippen LogP contribution is 2.52. The minimum absolute atomic E-state index is 0.0325. The molecule has 0 saturated heterocycles. The highest BCUT2D eigenvalue weighted by Gasteiger charge is 2.32. The van der Waals surface area contributed by atoms with Crippen molar-refractivity contribution in [2.24, 2.45) is 0 Å². The van der Waals surface area contributed by atoms with Gasteiger partial charge in [-0.1, -0.05) is 80.0 Å². The van der Waals surface area contributed by atoms with Gasteiger partial charge in [0.1, 0.15) is 11.5 Å². The second-order valence-corrected chi connectivity index (χ2v) is 14.4. The largest absolute Gasteiger partial charge is 0.427 e. The summed E-state index contributed by atoms with van der Waals surface area (Å²) in [6.45, 7) is 24.5. The lowest BCUT2D eigenvalue weighted by atomic mass is 9.86. The monoisotopic (exact) mass is 515 g/mol. The van der Waals surface area contributed by atoms with Crippen molar-refractivity contribution in [1.29, 1.82) is 0 Å². The molecule has 194 valence electrons. The predicted octanol–water partition coefficient (Wildman–Crippen LogP) is 9.95. The molecule has 2 aromatic carbocycles. The summed E-state index contributed by atoms with van der Waals surface area (Å²) in [7, 11) is -1.32. The number of aryl methyl sites for hydroxylation is 2. The van der Waals surface area contributed by atoms with Crippen molar-refractivity contribution in [1.82, 2.24) is 4.67 Å². The van der Waals surface area contributed by atoms with Crippen LogP contribution in [0.25, 0.3) is 0 Å². The van der Waals surface area contributed by atoms with Gasteiger partial charge in [0, 0.05) is 34.0 Å². The molecule has 0 amide bonds. The summed E-state index contributed by atoms with van der Waals surface area (Å²) >= 11 is 1.87. The van der Waals surface area contributed by atoms with Crippen molar-refractivity contribution in [2.45, 2.75) is 116 Å². The Kier molecular flexibility index (Phi) is 9.27. The molecule has 0 fully saturated rings. The van der Waals surface area contributed by atoms with Crippen molar-refractivity contribution >= 4 is 20.3 Å². The second-order valence-electron chi connectivity index (χ2n) is 11.9. The Bertz CT molecular complexity index is 943. The van der Waals surface area contributed by atoms with Gasteiger partial charge >= 0.3 is 8.53 Å². The fraction of sp³-hybridized carbons (Fsp3) is 0.600. The van der Waals surface area contributed by atoms with E-state index in [0.717, 1.165) is 50.3 Å². The van der Waals surface area contributed by atoms with Crippen molar-refractivity contribution in [3.63, 3.8) is 0 Å². The summed E-state index contributed by atoms with van der Waals surface area (Å²) in [6.07, 6.45) is 4.59. The molecule has 2 aromatic rings. The number of benzene rings is 2. The third-order valence-electron chi connectivity index (χ3n) is 6.51. The zero-order valence-electron chi connectivity index (χ0n) is 23.7. The lowest BCUT2D eigenvalue weighted by molar-refractivity contribution is 0.336. The Morgan fingerprint density at radius 3 is 1.46 bits per heavy atom. The third kappa shape index (κ3) is 6.96. The van der Waals surface area contributed by atoms with E-state index in [0.29, 0.717) is 0 Å². The predicted molar refractivity (Wildman–Crippen MR) is 153 cm³/mol. The topological polar surface area (TPSA) is 21.7 Å². The number of hydrogen-bond donors (Lipinski definition) is 0. The first kappa shape index (κ1) is 28.4. The van der Waals surface area contributed by atoms with Crippen LogP contribution < -0.4 is 9.05 Å². The van der Waals surface area contributed by atoms with Crippen LogP contribution in [0.15, 0.2) is 34.1 Å². The van der Waals surface area contributed by atoms with Crippen LogP contribution in [-0.4, -0.2) is 17.8 Å². The molecule has 35 heavy (non-hydrogen) atoms. The highest BCUT2D eigenvalue weighted by molar-refractivity contribution is 7.99. The third-order valence-corrected chi connectivity index (χ3v) is 9.40. The molecule has 0 atom stereocenters. The minimum atomic E-state index is -1.32. The standard InChI is InChI=1S/C30H46NO2PS/c1-11-13-15-31(16-14-12-2)34-32-25-17-21(3)27(19-23(25)29(5,6)7)35-28-20-24(30(8,9)10)26(33-34)18-22(28)4/h17-20H,11-16H2,1-10H3. The van der Waals surface area contributed by atoms with Gasteiger partial charge in [0.05, 0.1) is 0 Å². The number of hydrogen-bond acceptors (Lipinski definition) is 4. The number of nitrogens with zero attached hydrogens (tertiary/aromatic N) is 1. The molecule has 4 aliphatic rings. The van der Waals surface area contributed by atoms with Gasteiger partial charge < -0.3 is 9.05 Å². The van der Waals surface area contributed by atoms with Gasteiger partial charge in [0.25, 0.3) is 0 Å². The van der Waals surface area contributed by atoms with Crippen molar-refractivity contribution in [3.05, 3.63) is 46.5 Å². The maximum atomic E-state index is 6.96. The SMILES string of the molecule is CCCCN(CCCC)P1Oc2cc(C)c(cc2C(C)(C)C)Sc2cc(C(C)(C)C)c(cc2C)O1. The molecule has 4 heterocycles. The average Bonchev–Trinajstić information content (AvgIpc) is 2.73. The van der Waals surface area contributed by atoms with E-state index in [1.807, 2.05) is 11.8 Å². The lowest BCUT2D eigenvalue weighted by Gasteiger charge is -2.34. The van der Waals surface area contributed by atoms with Crippen LogP contribution in [0.5, 0.6) is 11.5 Å². The lowest BCUT2D eigenvalue weighted by Crippen LogP contribution is -2.26. The molecule has 6 rings (SSSR count). The molecule has 5 heteroatoms. The van der Waals surface area contributed by atoms with Crippen LogP contribution in [0.3, 0.4) is 0 Å².